The minimum Gasteiger partial charge on any atom is -0.324 e. The third kappa shape index (κ3) is 9.06. The predicted molar refractivity (Wildman–Crippen MR) is 113 cm³/mol. The van der Waals surface area contributed by atoms with Gasteiger partial charge < -0.3 is 5.32 Å². The summed E-state index contributed by atoms with van der Waals surface area (Å²) in [6.07, 6.45) is 3.14. The monoisotopic (exact) mass is 350 g/mol. The van der Waals surface area contributed by atoms with Crippen LogP contribution in [0.5, 0.6) is 0 Å². The molecule has 1 N–H and O–H groups in total. The fourth-order valence-corrected chi connectivity index (χ4v) is 2.72. The number of nitrogens with one attached hydrogen (secondary N) is 1. The Labute approximate surface area is 157 Å². The molecule has 0 spiro atoms. The molecule has 1 aromatic carbocycles. The molecular formula is C22H42N2O. The maximum atomic E-state index is 12.7. The van der Waals surface area contributed by atoms with Crippen LogP contribution in [0.1, 0.15) is 78.9 Å². The molecule has 0 aliphatic heterocycles. The van der Waals surface area contributed by atoms with Gasteiger partial charge in [-0.15, -0.1) is 0 Å². The molecule has 1 aromatic rings. The highest BCUT2D eigenvalue weighted by molar-refractivity contribution is 5.96. The molecule has 0 fully saturated rings. The Bertz CT molecular complexity index is 437. The fourth-order valence-electron chi connectivity index (χ4n) is 2.72. The lowest BCUT2D eigenvalue weighted by atomic mass is 10.1. The first-order valence-electron chi connectivity index (χ1n) is 10.2. The van der Waals surface area contributed by atoms with E-state index in [1.54, 1.807) is 0 Å². The van der Waals surface area contributed by atoms with Crippen LogP contribution in [0.25, 0.3) is 0 Å². The van der Waals surface area contributed by atoms with E-state index in [0.29, 0.717) is 0 Å². The Morgan fingerprint density at radius 1 is 1.04 bits per heavy atom. The highest BCUT2D eigenvalue weighted by atomic mass is 16.2. The predicted octanol–water partition coefficient (Wildman–Crippen LogP) is 6.19. The van der Waals surface area contributed by atoms with Crippen molar-refractivity contribution in [1.82, 2.24) is 4.90 Å². The second kappa shape index (κ2) is 16.1. The molecule has 0 aliphatic carbocycles. The van der Waals surface area contributed by atoms with Crippen molar-refractivity contribution in [3.8, 4) is 0 Å². The van der Waals surface area contributed by atoms with Crippen LogP contribution in [0.15, 0.2) is 18.2 Å². The van der Waals surface area contributed by atoms with Crippen LogP contribution in [0.3, 0.4) is 0 Å². The van der Waals surface area contributed by atoms with Crippen LogP contribution >= 0.6 is 0 Å². The van der Waals surface area contributed by atoms with Gasteiger partial charge in [0.05, 0.1) is 6.04 Å². The number of likely N-dealkylation sites (N-methyl/N-ethyl adjacent to an activating group) is 1. The summed E-state index contributed by atoms with van der Waals surface area (Å²) in [5.41, 5.74) is 3.21. The van der Waals surface area contributed by atoms with Crippen molar-refractivity contribution in [2.45, 2.75) is 87.6 Å². The van der Waals surface area contributed by atoms with Gasteiger partial charge in [0.1, 0.15) is 0 Å². The Morgan fingerprint density at radius 2 is 1.56 bits per heavy atom. The van der Waals surface area contributed by atoms with Gasteiger partial charge in [-0.3, -0.25) is 9.69 Å². The van der Waals surface area contributed by atoms with Crippen molar-refractivity contribution in [3.63, 3.8) is 0 Å². The lowest BCUT2D eigenvalue weighted by molar-refractivity contribution is -0.121. The summed E-state index contributed by atoms with van der Waals surface area (Å²) >= 11 is 0. The van der Waals surface area contributed by atoms with Gasteiger partial charge >= 0.3 is 0 Å². The van der Waals surface area contributed by atoms with Crippen molar-refractivity contribution in [3.05, 3.63) is 29.3 Å². The van der Waals surface area contributed by atoms with Gasteiger partial charge in [-0.2, -0.15) is 0 Å². The van der Waals surface area contributed by atoms with E-state index in [1.807, 2.05) is 59.7 Å². The van der Waals surface area contributed by atoms with E-state index < -0.39 is 0 Å². The molecule has 0 saturated heterocycles. The zero-order valence-electron chi connectivity index (χ0n) is 18.2. The molecule has 1 rings (SSSR count). The van der Waals surface area contributed by atoms with Gasteiger partial charge in [0.2, 0.25) is 5.91 Å². The highest BCUT2D eigenvalue weighted by Gasteiger charge is 2.23. The summed E-state index contributed by atoms with van der Waals surface area (Å²) < 4.78 is 0. The average molecular weight is 351 g/mol. The Kier molecular flexibility index (Phi) is 16.7. The van der Waals surface area contributed by atoms with Gasteiger partial charge in [0.25, 0.3) is 0 Å². The summed E-state index contributed by atoms with van der Waals surface area (Å²) in [5.74, 6) is 0.118. The highest BCUT2D eigenvalue weighted by Crippen LogP contribution is 2.20. The smallest absolute Gasteiger partial charge is 0.241 e. The average Bonchev–Trinajstić information content (AvgIpc) is 2.65. The quantitative estimate of drug-likeness (QED) is 0.606. The summed E-state index contributed by atoms with van der Waals surface area (Å²) in [6.45, 7) is 20.4. The number of carbonyl (C=O) groups excluding carboxylic acids is 1. The molecule has 3 heteroatoms. The van der Waals surface area contributed by atoms with Gasteiger partial charge in [-0.25, -0.2) is 0 Å². The zero-order chi connectivity index (χ0) is 19.8. The molecule has 1 atom stereocenters. The molecule has 0 aromatic heterocycles. The van der Waals surface area contributed by atoms with E-state index in [9.17, 15) is 4.79 Å². The van der Waals surface area contributed by atoms with Gasteiger partial charge in [-0.1, -0.05) is 73.1 Å². The van der Waals surface area contributed by atoms with Crippen LogP contribution in [-0.4, -0.2) is 29.9 Å². The molecule has 1 amide bonds. The first-order chi connectivity index (χ1) is 12.0. The molecule has 0 heterocycles. The molecular weight excluding hydrogens is 308 g/mol. The van der Waals surface area contributed by atoms with Crippen molar-refractivity contribution < 1.29 is 4.79 Å². The van der Waals surface area contributed by atoms with Crippen LogP contribution in [0.2, 0.25) is 0 Å². The first kappa shape index (κ1) is 25.9. The van der Waals surface area contributed by atoms with Crippen LogP contribution in [-0.2, 0) is 4.79 Å². The number of aryl methyl sites for hydroxylation is 2. The van der Waals surface area contributed by atoms with Crippen LogP contribution in [0.4, 0.5) is 5.69 Å². The number of hydrogen-bond acceptors (Lipinski definition) is 2. The molecule has 1 unspecified atom stereocenters. The van der Waals surface area contributed by atoms with Crippen LogP contribution < -0.4 is 5.32 Å². The van der Waals surface area contributed by atoms with E-state index >= 15 is 0 Å². The van der Waals surface area contributed by atoms with Crippen molar-refractivity contribution in [1.29, 1.82) is 0 Å². The Morgan fingerprint density at radius 3 is 1.96 bits per heavy atom. The molecule has 3 nitrogen and oxygen atoms in total. The minimum absolute atomic E-state index is 0.0412. The van der Waals surface area contributed by atoms with E-state index in [0.717, 1.165) is 49.2 Å². The third-order valence-electron chi connectivity index (χ3n) is 4.06. The topological polar surface area (TPSA) is 32.3 Å². The minimum atomic E-state index is -0.0412. The summed E-state index contributed by atoms with van der Waals surface area (Å²) in [7, 11) is 0. The number of para-hydroxylation sites is 1. The largest absolute Gasteiger partial charge is 0.324 e. The standard InChI is InChI=1S/C18H30N2O.2C2H6/c1-6-9-13-20(8-3)16(7-2)18(21)19-17-14(4)11-10-12-15(17)5;2*1-2/h10-12,16H,6-9,13H2,1-5H3,(H,19,21);2*1-2H3. The molecule has 0 bridgehead atoms. The Balaban J connectivity index is 0. The number of rotatable bonds is 8. The first-order valence-corrected chi connectivity index (χ1v) is 10.2. The SMILES string of the molecule is CC.CC.CCCCN(CC)C(CC)C(=O)Nc1c(C)cccc1C. The van der Waals surface area contributed by atoms with E-state index in [4.69, 9.17) is 0 Å². The summed E-state index contributed by atoms with van der Waals surface area (Å²) in [5, 5.41) is 3.14. The van der Waals surface area contributed by atoms with Gasteiger partial charge in [-0.05, 0) is 50.9 Å². The van der Waals surface area contributed by atoms with Crippen LogP contribution in [0, 0.1) is 13.8 Å². The number of unbranched alkanes of at least 4 members (excludes halogenated alkanes) is 1. The molecule has 0 radical (unpaired) electrons. The molecule has 25 heavy (non-hydrogen) atoms. The fraction of sp³-hybridized carbons (Fsp3) is 0.682. The number of anilines is 1. The second-order valence-corrected chi connectivity index (χ2v) is 5.66. The number of nitrogens with zero attached hydrogens (tertiary/aromatic N) is 1. The summed E-state index contributed by atoms with van der Waals surface area (Å²) in [4.78, 5) is 14.9. The lowest BCUT2D eigenvalue weighted by Gasteiger charge is -2.29. The van der Waals surface area contributed by atoms with E-state index in [1.165, 1.54) is 0 Å². The third-order valence-corrected chi connectivity index (χ3v) is 4.06. The molecule has 146 valence electrons. The summed E-state index contributed by atoms with van der Waals surface area (Å²) in [6, 6.07) is 6.06. The van der Waals surface area contributed by atoms with E-state index in [2.05, 4.69) is 31.0 Å². The normalized spacial score (nSPS) is 11.0. The number of benzene rings is 1. The number of hydrogen-bond donors (Lipinski definition) is 1. The van der Waals surface area contributed by atoms with Gasteiger partial charge in [0, 0.05) is 5.69 Å². The zero-order valence-corrected chi connectivity index (χ0v) is 18.2. The molecule has 0 aliphatic rings. The number of carbonyl (C=O) groups is 1. The maximum absolute atomic E-state index is 12.7. The maximum Gasteiger partial charge on any atom is 0.241 e. The van der Waals surface area contributed by atoms with Crippen molar-refractivity contribution >= 4 is 11.6 Å². The van der Waals surface area contributed by atoms with Gasteiger partial charge in [0.15, 0.2) is 0 Å². The van der Waals surface area contributed by atoms with Crippen molar-refractivity contribution in [2.24, 2.45) is 0 Å². The second-order valence-electron chi connectivity index (χ2n) is 5.66. The van der Waals surface area contributed by atoms with E-state index in [-0.39, 0.29) is 11.9 Å². The number of amides is 1. The Hall–Kier alpha value is -1.35. The molecule has 0 saturated carbocycles. The lowest BCUT2D eigenvalue weighted by Crippen LogP contribution is -2.44. The van der Waals surface area contributed by atoms with Crippen molar-refractivity contribution in [2.75, 3.05) is 18.4 Å².